The average molecular weight is 355 g/mol. The number of carbonyl (C=O) groups excluding carboxylic acids is 1. The molecule has 0 aromatic heterocycles. The van der Waals surface area contributed by atoms with E-state index < -0.39 is 6.04 Å². The van der Waals surface area contributed by atoms with Crippen LogP contribution in [0.1, 0.15) is 22.0 Å². The highest BCUT2D eigenvalue weighted by atomic mass is 79.9. The molecule has 20 heavy (non-hydrogen) atoms. The van der Waals surface area contributed by atoms with E-state index in [1.165, 1.54) is 0 Å². The van der Waals surface area contributed by atoms with Gasteiger partial charge in [-0.05, 0) is 39.7 Å². The zero-order valence-electron chi connectivity index (χ0n) is 10.5. The summed E-state index contributed by atoms with van der Waals surface area (Å²) in [7, 11) is 0. The molecule has 0 aliphatic carbocycles. The normalized spacial score (nSPS) is 11.9. The summed E-state index contributed by atoms with van der Waals surface area (Å²) < 4.78 is 0.618. The molecule has 1 amide bonds. The van der Waals surface area contributed by atoms with Crippen molar-refractivity contribution in [1.29, 1.82) is 0 Å². The van der Waals surface area contributed by atoms with Gasteiger partial charge in [0.15, 0.2) is 0 Å². The summed E-state index contributed by atoms with van der Waals surface area (Å²) >= 11 is 9.16. The summed E-state index contributed by atoms with van der Waals surface area (Å²) in [5, 5.41) is 12.8. The Kier molecular flexibility index (Phi) is 5.17. The third kappa shape index (κ3) is 3.60. The zero-order valence-corrected chi connectivity index (χ0v) is 12.9. The number of halogens is 2. The first-order valence-electron chi connectivity index (χ1n) is 6.03. The van der Waals surface area contributed by atoms with E-state index in [0.717, 1.165) is 5.56 Å². The summed E-state index contributed by atoms with van der Waals surface area (Å²) in [6, 6.07) is 13.8. The Morgan fingerprint density at radius 1 is 1.25 bits per heavy atom. The second-order valence-electron chi connectivity index (χ2n) is 4.24. The number of hydrogen-bond acceptors (Lipinski definition) is 2. The third-order valence-electron chi connectivity index (χ3n) is 2.87. The van der Waals surface area contributed by atoms with E-state index in [0.29, 0.717) is 15.1 Å². The van der Waals surface area contributed by atoms with Crippen molar-refractivity contribution < 1.29 is 9.90 Å². The van der Waals surface area contributed by atoms with Crippen LogP contribution in [0.2, 0.25) is 5.02 Å². The lowest BCUT2D eigenvalue weighted by atomic mass is 10.1. The fraction of sp³-hybridized carbons (Fsp3) is 0.133. The van der Waals surface area contributed by atoms with Crippen LogP contribution in [0.5, 0.6) is 0 Å². The van der Waals surface area contributed by atoms with E-state index in [1.807, 2.05) is 30.3 Å². The van der Waals surface area contributed by atoms with Crippen molar-refractivity contribution >= 4 is 33.4 Å². The van der Waals surface area contributed by atoms with Gasteiger partial charge < -0.3 is 10.4 Å². The van der Waals surface area contributed by atoms with E-state index in [4.69, 9.17) is 11.6 Å². The van der Waals surface area contributed by atoms with Crippen molar-refractivity contribution in [3.05, 3.63) is 69.2 Å². The minimum absolute atomic E-state index is 0.166. The van der Waals surface area contributed by atoms with E-state index in [-0.39, 0.29) is 12.5 Å². The summed E-state index contributed by atoms with van der Waals surface area (Å²) in [4.78, 5) is 12.2. The Morgan fingerprint density at radius 3 is 2.55 bits per heavy atom. The van der Waals surface area contributed by atoms with E-state index in [2.05, 4.69) is 21.2 Å². The standard InChI is InChI=1S/C15H13BrClNO2/c16-13-8-11(17)6-7-12(13)15(20)18-14(9-19)10-4-2-1-3-5-10/h1-8,14,19H,9H2,(H,18,20)/t14-/m1/s1. The van der Waals surface area contributed by atoms with Gasteiger partial charge in [-0.1, -0.05) is 41.9 Å². The summed E-state index contributed by atoms with van der Waals surface area (Å²) in [5.74, 6) is -0.267. The molecule has 0 radical (unpaired) electrons. The van der Waals surface area contributed by atoms with E-state index >= 15 is 0 Å². The molecular formula is C15H13BrClNO2. The third-order valence-corrected chi connectivity index (χ3v) is 3.76. The van der Waals surface area contributed by atoms with Crippen molar-refractivity contribution in [2.45, 2.75) is 6.04 Å². The van der Waals surface area contributed by atoms with Gasteiger partial charge in [0.05, 0.1) is 18.2 Å². The molecule has 0 saturated carbocycles. The Labute approximate surface area is 130 Å². The van der Waals surface area contributed by atoms with Crippen molar-refractivity contribution in [1.82, 2.24) is 5.32 Å². The fourth-order valence-electron chi connectivity index (χ4n) is 1.83. The van der Waals surface area contributed by atoms with Crippen LogP contribution in [0.25, 0.3) is 0 Å². The number of hydrogen-bond donors (Lipinski definition) is 2. The van der Waals surface area contributed by atoms with Gasteiger partial charge in [0.1, 0.15) is 0 Å². The maximum Gasteiger partial charge on any atom is 0.252 e. The van der Waals surface area contributed by atoms with Crippen molar-refractivity contribution in [2.24, 2.45) is 0 Å². The monoisotopic (exact) mass is 353 g/mol. The number of carbonyl (C=O) groups is 1. The minimum Gasteiger partial charge on any atom is -0.394 e. The predicted molar refractivity (Wildman–Crippen MR) is 82.9 cm³/mol. The molecule has 0 aliphatic heterocycles. The summed E-state index contributed by atoms with van der Waals surface area (Å²) in [6.45, 7) is -0.166. The van der Waals surface area contributed by atoms with E-state index in [9.17, 15) is 9.90 Å². The Balaban J connectivity index is 2.17. The SMILES string of the molecule is O=C(N[C@H](CO)c1ccccc1)c1ccc(Cl)cc1Br. The topological polar surface area (TPSA) is 49.3 Å². The first-order valence-corrected chi connectivity index (χ1v) is 7.20. The van der Waals surface area contributed by atoms with Gasteiger partial charge in [0.2, 0.25) is 0 Å². The van der Waals surface area contributed by atoms with Gasteiger partial charge in [-0.25, -0.2) is 0 Å². The molecule has 2 rings (SSSR count). The predicted octanol–water partition coefficient (Wildman–Crippen LogP) is 3.57. The molecule has 0 unspecified atom stereocenters. The van der Waals surface area contributed by atoms with Crippen LogP contribution in [0.15, 0.2) is 53.0 Å². The maximum absolute atomic E-state index is 12.2. The molecule has 5 heteroatoms. The summed E-state index contributed by atoms with van der Waals surface area (Å²) in [6.07, 6.45) is 0. The molecular weight excluding hydrogens is 342 g/mol. The molecule has 0 bridgehead atoms. The van der Waals surface area contributed by atoms with Gasteiger partial charge in [0.25, 0.3) is 5.91 Å². The smallest absolute Gasteiger partial charge is 0.252 e. The number of aliphatic hydroxyl groups excluding tert-OH is 1. The molecule has 0 fully saturated rings. The Morgan fingerprint density at radius 2 is 1.95 bits per heavy atom. The quantitative estimate of drug-likeness (QED) is 0.882. The molecule has 3 nitrogen and oxygen atoms in total. The van der Waals surface area contributed by atoms with Crippen LogP contribution in [0.3, 0.4) is 0 Å². The first kappa shape index (κ1) is 15.0. The Bertz CT molecular complexity index is 604. The van der Waals surface area contributed by atoms with Crippen LogP contribution < -0.4 is 5.32 Å². The van der Waals surface area contributed by atoms with Crippen molar-refractivity contribution in [3.8, 4) is 0 Å². The lowest BCUT2D eigenvalue weighted by Gasteiger charge is -2.17. The van der Waals surface area contributed by atoms with Gasteiger partial charge in [-0.2, -0.15) is 0 Å². The van der Waals surface area contributed by atoms with Gasteiger partial charge in [-0.3, -0.25) is 4.79 Å². The van der Waals surface area contributed by atoms with Crippen LogP contribution >= 0.6 is 27.5 Å². The number of nitrogens with one attached hydrogen (secondary N) is 1. The van der Waals surface area contributed by atoms with Crippen LogP contribution in [0, 0.1) is 0 Å². The number of aliphatic hydroxyl groups is 1. The molecule has 104 valence electrons. The van der Waals surface area contributed by atoms with Gasteiger partial charge in [0, 0.05) is 9.50 Å². The number of benzene rings is 2. The Hall–Kier alpha value is -1.36. The van der Waals surface area contributed by atoms with Crippen molar-refractivity contribution in [3.63, 3.8) is 0 Å². The molecule has 2 aromatic carbocycles. The summed E-state index contributed by atoms with van der Waals surface area (Å²) in [5.41, 5.74) is 1.33. The molecule has 0 spiro atoms. The molecule has 1 atom stereocenters. The second-order valence-corrected chi connectivity index (χ2v) is 5.53. The molecule has 0 heterocycles. The zero-order chi connectivity index (χ0) is 14.5. The number of amides is 1. The molecule has 0 saturated heterocycles. The van der Waals surface area contributed by atoms with Crippen LogP contribution in [0.4, 0.5) is 0 Å². The largest absolute Gasteiger partial charge is 0.394 e. The maximum atomic E-state index is 12.2. The molecule has 2 N–H and O–H groups in total. The van der Waals surface area contributed by atoms with E-state index in [1.54, 1.807) is 18.2 Å². The lowest BCUT2D eigenvalue weighted by molar-refractivity contribution is 0.0915. The fourth-order valence-corrected chi connectivity index (χ4v) is 2.69. The number of rotatable bonds is 4. The van der Waals surface area contributed by atoms with Crippen molar-refractivity contribution in [2.75, 3.05) is 6.61 Å². The highest BCUT2D eigenvalue weighted by Gasteiger charge is 2.16. The highest BCUT2D eigenvalue weighted by molar-refractivity contribution is 9.10. The first-order chi connectivity index (χ1) is 9.61. The minimum atomic E-state index is -0.439. The highest BCUT2D eigenvalue weighted by Crippen LogP contribution is 2.22. The lowest BCUT2D eigenvalue weighted by Crippen LogP contribution is -2.31. The second kappa shape index (κ2) is 6.88. The van der Waals surface area contributed by atoms with Crippen LogP contribution in [-0.4, -0.2) is 17.6 Å². The van der Waals surface area contributed by atoms with Gasteiger partial charge >= 0.3 is 0 Å². The average Bonchev–Trinajstić information content (AvgIpc) is 2.45. The molecule has 2 aromatic rings. The molecule has 0 aliphatic rings. The van der Waals surface area contributed by atoms with Crippen LogP contribution in [-0.2, 0) is 0 Å². The van der Waals surface area contributed by atoms with Gasteiger partial charge in [-0.15, -0.1) is 0 Å².